The molecule has 3 aromatic rings. The van der Waals surface area contributed by atoms with E-state index in [1.54, 1.807) is 17.1 Å². The number of morpholine rings is 1. The van der Waals surface area contributed by atoms with Gasteiger partial charge in [0.05, 0.1) is 36.7 Å². The maximum absolute atomic E-state index is 12.6. The van der Waals surface area contributed by atoms with Gasteiger partial charge in [-0.05, 0) is 25.1 Å². The Hall–Kier alpha value is -2.71. The van der Waals surface area contributed by atoms with E-state index in [4.69, 9.17) is 4.74 Å². The van der Waals surface area contributed by atoms with E-state index in [2.05, 4.69) is 14.9 Å². The lowest BCUT2D eigenvalue weighted by atomic mass is 10.2. The Bertz CT molecular complexity index is 999. The minimum absolute atomic E-state index is 0.237. The van der Waals surface area contributed by atoms with Crippen molar-refractivity contribution in [2.45, 2.75) is 13.1 Å². The Morgan fingerprint density at radius 3 is 2.76 bits per heavy atom. The second-order valence-electron chi connectivity index (χ2n) is 6.08. The summed E-state index contributed by atoms with van der Waals surface area (Å²) in [4.78, 5) is 33.6. The molecular formula is C17H19N5O3. The molecule has 1 aromatic carbocycles. The summed E-state index contributed by atoms with van der Waals surface area (Å²) in [7, 11) is 0. The normalized spacial score (nSPS) is 17.0. The molecule has 8 nitrogen and oxygen atoms in total. The predicted molar refractivity (Wildman–Crippen MR) is 93.1 cm³/mol. The molecule has 8 heteroatoms. The van der Waals surface area contributed by atoms with Gasteiger partial charge in [-0.25, -0.2) is 4.98 Å². The predicted octanol–water partition coefficient (Wildman–Crippen LogP) is 0.726. The lowest BCUT2D eigenvalue weighted by molar-refractivity contribution is 0.00382. The fourth-order valence-electron chi connectivity index (χ4n) is 3.28. The van der Waals surface area contributed by atoms with Crippen LogP contribution in [0.5, 0.6) is 0 Å². The number of aromatic nitrogens is 4. The monoisotopic (exact) mass is 341 g/mol. The van der Waals surface area contributed by atoms with E-state index < -0.39 is 11.1 Å². The number of aromatic amines is 1. The molecule has 0 bridgehead atoms. The van der Waals surface area contributed by atoms with Crippen LogP contribution in [0.3, 0.4) is 0 Å². The maximum Gasteiger partial charge on any atom is 0.318 e. The summed E-state index contributed by atoms with van der Waals surface area (Å²) in [6, 6.07) is 5.59. The van der Waals surface area contributed by atoms with Crippen LogP contribution < -0.4 is 11.1 Å². The molecule has 130 valence electrons. The van der Waals surface area contributed by atoms with E-state index in [1.165, 1.54) is 0 Å². The SMILES string of the molecule is CC(N1CCOCC1)n1c(=O)c(=O)[nH]c2ccc(-n3ccnc3)cc21. The quantitative estimate of drug-likeness (QED) is 0.710. The molecule has 1 atom stereocenters. The van der Waals surface area contributed by atoms with Crippen LogP contribution in [0.15, 0.2) is 46.5 Å². The summed E-state index contributed by atoms with van der Waals surface area (Å²) in [5.74, 6) is 0. The first-order chi connectivity index (χ1) is 12.1. The number of hydrogen-bond acceptors (Lipinski definition) is 5. The van der Waals surface area contributed by atoms with Gasteiger partial charge in [0.2, 0.25) is 0 Å². The molecule has 2 aromatic heterocycles. The molecule has 0 saturated carbocycles. The molecule has 1 fully saturated rings. The van der Waals surface area contributed by atoms with Crippen molar-refractivity contribution >= 4 is 11.0 Å². The third-order valence-corrected chi connectivity index (χ3v) is 4.65. The van der Waals surface area contributed by atoms with E-state index in [1.807, 2.05) is 35.9 Å². The van der Waals surface area contributed by atoms with Gasteiger partial charge >= 0.3 is 11.1 Å². The van der Waals surface area contributed by atoms with Crippen LogP contribution >= 0.6 is 0 Å². The van der Waals surface area contributed by atoms with E-state index >= 15 is 0 Å². The zero-order chi connectivity index (χ0) is 17.4. The van der Waals surface area contributed by atoms with Crippen LogP contribution in [0.25, 0.3) is 16.7 Å². The number of nitrogens with one attached hydrogen (secondary N) is 1. The van der Waals surface area contributed by atoms with E-state index in [0.717, 1.165) is 18.8 Å². The van der Waals surface area contributed by atoms with Gasteiger partial charge in [0.1, 0.15) is 0 Å². The maximum atomic E-state index is 12.6. The fourth-order valence-corrected chi connectivity index (χ4v) is 3.28. The molecule has 1 aliphatic heterocycles. The van der Waals surface area contributed by atoms with Gasteiger partial charge in [-0.15, -0.1) is 0 Å². The van der Waals surface area contributed by atoms with Crippen molar-refractivity contribution in [2.24, 2.45) is 0 Å². The Morgan fingerprint density at radius 2 is 2.04 bits per heavy atom. The van der Waals surface area contributed by atoms with Crippen molar-refractivity contribution in [3.05, 3.63) is 57.6 Å². The number of hydrogen-bond donors (Lipinski definition) is 1. The summed E-state index contributed by atoms with van der Waals surface area (Å²) >= 11 is 0. The number of rotatable bonds is 3. The summed E-state index contributed by atoms with van der Waals surface area (Å²) < 4.78 is 8.82. The molecule has 25 heavy (non-hydrogen) atoms. The molecule has 4 rings (SSSR count). The highest BCUT2D eigenvalue weighted by Gasteiger charge is 2.22. The number of nitrogens with zero attached hydrogens (tertiary/aromatic N) is 4. The zero-order valence-electron chi connectivity index (χ0n) is 13.9. The first-order valence-corrected chi connectivity index (χ1v) is 8.24. The molecular weight excluding hydrogens is 322 g/mol. The highest BCUT2D eigenvalue weighted by Crippen LogP contribution is 2.20. The van der Waals surface area contributed by atoms with Crippen LogP contribution in [0.2, 0.25) is 0 Å². The topological polar surface area (TPSA) is 85.1 Å². The summed E-state index contributed by atoms with van der Waals surface area (Å²) in [5, 5.41) is 0. The minimum Gasteiger partial charge on any atom is -0.379 e. The van der Waals surface area contributed by atoms with Crippen LogP contribution in [-0.2, 0) is 4.74 Å². The minimum atomic E-state index is -0.608. The summed E-state index contributed by atoms with van der Waals surface area (Å²) in [6.45, 7) is 4.64. The van der Waals surface area contributed by atoms with Gasteiger partial charge in [-0.1, -0.05) is 0 Å². The van der Waals surface area contributed by atoms with Crippen LogP contribution in [0.4, 0.5) is 0 Å². The first kappa shape index (κ1) is 15.8. The van der Waals surface area contributed by atoms with Gasteiger partial charge in [0.25, 0.3) is 0 Å². The zero-order valence-corrected chi connectivity index (χ0v) is 13.9. The molecule has 0 radical (unpaired) electrons. The van der Waals surface area contributed by atoms with Gasteiger partial charge in [-0.2, -0.15) is 0 Å². The average molecular weight is 341 g/mol. The number of ether oxygens (including phenoxy) is 1. The van der Waals surface area contributed by atoms with Crippen molar-refractivity contribution in [1.82, 2.24) is 24.0 Å². The second kappa shape index (κ2) is 6.30. The standard InChI is InChI=1S/C17H19N5O3/c1-12(20-6-8-25-9-7-20)22-15-10-13(21-5-4-18-11-21)2-3-14(15)19-16(23)17(22)24/h2-5,10-12H,6-9H2,1H3,(H,19,23). The third kappa shape index (κ3) is 2.79. The van der Waals surface area contributed by atoms with E-state index in [0.29, 0.717) is 24.2 Å². The van der Waals surface area contributed by atoms with Crippen molar-refractivity contribution in [3.63, 3.8) is 0 Å². The molecule has 1 N–H and O–H groups in total. The summed E-state index contributed by atoms with van der Waals surface area (Å²) in [6.07, 6.45) is 4.99. The second-order valence-corrected chi connectivity index (χ2v) is 6.08. The Labute approximate surface area is 143 Å². The Morgan fingerprint density at radius 1 is 1.24 bits per heavy atom. The van der Waals surface area contributed by atoms with E-state index in [-0.39, 0.29) is 6.17 Å². The highest BCUT2D eigenvalue weighted by molar-refractivity contribution is 5.77. The smallest absolute Gasteiger partial charge is 0.318 e. The lowest BCUT2D eigenvalue weighted by Gasteiger charge is -2.33. The number of H-pyrrole nitrogens is 1. The molecule has 0 aliphatic carbocycles. The van der Waals surface area contributed by atoms with Crippen LogP contribution in [-0.4, -0.2) is 50.3 Å². The van der Waals surface area contributed by atoms with E-state index in [9.17, 15) is 9.59 Å². The third-order valence-electron chi connectivity index (χ3n) is 4.65. The number of benzene rings is 1. The average Bonchev–Trinajstić information content (AvgIpc) is 3.17. The van der Waals surface area contributed by atoms with Crippen LogP contribution in [0, 0.1) is 0 Å². The van der Waals surface area contributed by atoms with Crippen molar-refractivity contribution in [2.75, 3.05) is 26.3 Å². The molecule has 0 spiro atoms. The largest absolute Gasteiger partial charge is 0.379 e. The van der Waals surface area contributed by atoms with Crippen LogP contribution in [0.1, 0.15) is 13.1 Å². The lowest BCUT2D eigenvalue weighted by Crippen LogP contribution is -2.46. The fraction of sp³-hybridized carbons (Fsp3) is 0.353. The Kier molecular flexibility index (Phi) is 3.98. The number of imidazole rings is 1. The summed E-state index contributed by atoms with van der Waals surface area (Å²) in [5.41, 5.74) is 1.04. The van der Waals surface area contributed by atoms with Gasteiger partial charge in [0.15, 0.2) is 0 Å². The highest BCUT2D eigenvalue weighted by atomic mass is 16.5. The molecule has 1 unspecified atom stereocenters. The Balaban J connectivity index is 1.90. The van der Waals surface area contributed by atoms with Gasteiger partial charge in [-0.3, -0.25) is 19.1 Å². The first-order valence-electron chi connectivity index (χ1n) is 8.24. The van der Waals surface area contributed by atoms with Gasteiger partial charge < -0.3 is 14.3 Å². The van der Waals surface area contributed by atoms with Crippen molar-refractivity contribution in [1.29, 1.82) is 0 Å². The molecule has 0 amide bonds. The van der Waals surface area contributed by atoms with Crippen molar-refractivity contribution in [3.8, 4) is 5.69 Å². The molecule has 3 heterocycles. The van der Waals surface area contributed by atoms with Crippen molar-refractivity contribution < 1.29 is 4.74 Å². The van der Waals surface area contributed by atoms with Gasteiger partial charge in [0, 0.05) is 31.2 Å². The molecule has 1 saturated heterocycles. The molecule has 1 aliphatic rings. The number of fused-ring (bicyclic) bond motifs is 1.